The second-order valence-electron chi connectivity index (χ2n) is 3.69. The van der Waals surface area contributed by atoms with Crippen LogP contribution in [0.5, 0.6) is 0 Å². The molecule has 0 bridgehead atoms. The number of carbonyl (C=O) groups is 2. The summed E-state index contributed by atoms with van der Waals surface area (Å²) in [6.07, 6.45) is 0.520. The maximum Gasteiger partial charge on any atom is 0.322 e. The number of hydrogen-bond acceptors (Lipinski definition) is 5. The molecule has 5 nitrogen and oxygen atoms in total. The van der Waals surface area contributed by atoms with Gasteiger partial charge in [-0.3, -0.25) is 9.59 Å². The molecule has 1 unspecified atom stereocenters. The molecule has 0 saturated heterocycles. The number of nitrogens with two attached hydrogens (primary N) is 1. The minimum Gasteiger partial charge on any atom is -0.468 e. The number of ether oxygens (including phenoxy) is 1. The predicted molar refractivity (Wildman–Crippen MR) is 65.2 cm³/mol. The Kier molecular flexibility index (Phi) is 8.01. The second kappa shape index (κ2) is 8.41. The second-order valence-corrected chi connectivity index (χ2v) is 4.80. The minimum absolute atomic E-state index is 0.00615. The van der Waals surface area contributed by atoms with Gasteiger partial charge in [0, 0.05) is 6.04 Å². The van der Waals surface area contributed by atoms with Crippen LogP contribution in [0, 0.1) is 0 Å². The average Bonchev–Trinajstić information content (AvgIpc) is 2.21. The van der Waals surface area contributed by atoms with Gasteiger partial charge >= 0.3 is 5.97 Å². The van der Waals surface area contributed by atoms with Crippen molar-refractivity contribution in [3.63, 3.8) is 0 Å². The number of rotatable bonds is 7. The van der Waals surface area contributed by atoms with E-state index in [2.05, 4.69) is 10.1 Å². The Hall–Kier alpha value is -0.750. The quantitative estimate of drug-likeness (QED) is 0.494. The summed E-state index contributed by atoms with van der Waals surface area (Å²) in [6, 6.07) is -0.434. The number of carbonyl (C=O) groups excluding carboxylic acids is 2. The van der Waals surface area contributed by atoms with Gasteiger partial charge in [-0.25, -0.2) is 0 Å². The molecule has 0 aromatic heterocycles. The number of amides is 1. The zero-order chi connectivity index (χ0) is 12.6. The molecule has 0 rings (SSSR count). The number of hydrogen-bond donors (Lipinski definition) is 2. The van der Waals surface area contributed by atoms with Crippen LogP contribution in [-0.4, -0.2) is 42.6 Å². The van der Waals surface area contributed by atoms with Crippen molar-refractivity contribution in [2.24, 2.45) is 5.73 Å². The van der Waals surface area contributed by atoms with Gasteiger partial charge in [0.2, 0.25) is 5.91 Å². The monoisotopic (exact) mass is 248 g/mol. The first-order chi connectivity index (χ1) is 7.47. The van der Waals surface area contributed by atoms with Crippen LogP contribution >= 0.6 is 11.8 Å². The van der Waals surface area contributed by atoms with E-state index in [-0.39, 0.29) is 11.9 Å². The van der Waals surface area contributed by atoms with Crippen molar-refractivity contribution in [2.75, 3.05) is 18.6 Å². The number of thioether (sulfide) groups is 1. The number of nitrogens with one attached hydrogen (secondary N) is 1. The largest absolute Gasteiger partial charge is 0.468 e. The molecule has 0 aliphatic carbocycles. The lowest BCUT2D eigenvalue weighted by Gasteiger charge is -2.09. The van der Waals surface area contributed by atoms with E-state index in [4.69, 9.17) is 5.73 Å². The van der Waals surface area contributed by atoms with Gasteiger partial charge in [-0.15, -0.1) is 0 Å². The number of methoxy groups -OCH3 is 1. The molecule has 1 amide bonds. The summed E-state index contributed by atoms with van der Waals surface area (Å²) in [6.45, 7) is 3.82. The first-order valence-electron chi connectivity index (χ1n) is 5.18. The highest BCUT2D eigenvalue weighted by Crippen LogP contribution is 2.04. The summed E-state index contributed by atoms with van der Waals surface area (Å²) in [5, 5.41) is 2.78. The van der Waals surface area contributed by atoms with Crippen molar-refractivity contribution in [1.29, 1.82) is 0 Å². The van der Waals surface area contributed by atoms with Crippen molar-refractivity contribution < 1.29 is 14.3 Å². The van der Waals surface area contributed by atoms with E-state index in [1.807, 2.05) is 13.8 Å². The molecule has 0 radical (unpaired) electrons. The Balaban J connectivity index is 3.53. The molecule has 0 saturated carbocycles. The third-order valence-corrected chi connectivity index (χ3v) is 2.75. The van der Waals surface area contributed by atoms with E-state index in [0.717, 1.165) is 0 Å². The van der Waals surface area contributed by atoms with Gasteiger partial charge in [0.1, 0.15) is 6.04 Å². The van der Waals surface area contributed by atoms with Crippen molar-refractivity contribution in [2.45, 2.75) is 32.4 Å². The molecule has 16 heavy (non-hydrogen) atoms. The lowest BCUT2D eigenvalue weighted by Crippen LogP contribution is -2.33. The van der Waals surface area contributed by atoms with Gasteiger partial charge in [-0.1, -0.05) is 0 Å². The maximum atomic E-state index is 11.2. The molecule has 1 atom stereocenters. The highest BCUT2D eigenvalue weighted by atomic mass is 32.2. The Labute approximate surface area is 100 Å². The highest BCUT2D eigenvalue weighted by molar-refractivity contribution is 7.99. The fraction of sp³-hybridized carbons (Fsp3) is 0.800. The SMILES string of the molecule is COC(=O)C(N)CCSCC(=O)NC(C)C. The van der Waals surface area contributed by atoms with E-state index in [1.54, 1.807) is 0 Å². The fourth-order valence-electron chi connectivity index (χ4n) is 1.01. The van der Waals surface area contributed by atoms with E-state index in [1.165, 1.54) is 18.9 Å². The first-order valence-corrected chi connectivity index (χ1v) is 6.33. The van der Waals surface area contributed by atoms with Crippen LogP contribution in [0.25, 0.3) is 0 Å². The summed E-state index contributed by atoms with van der Waals surface area (Å²) < 4.78 is 4.49. The Morgan fingerprint density at radius 3 is 2.56 bits per heavy atom. The van der Waals surface area contributed by atoms with E-state index < -0.39 is 12.0 Å². The summed E-state index contributed by atoms with van der Waals surface area (Å²) in [4.78, 5) is 22.2. The lowest BCUT2D eigenvalue weighted by molar-refractivity contribution is -0.142. The van der Waals surface area contributed by atoms with Crippen LogP contribution in [0.15, 0.2) is 0 Å². The van der Waals surface area contributed by atoms with Crippen LogP contribution < -0.4 is 11.1 Å². The predicted octanol–water partition coefficient (Wildman–Crippen LogP) is 0.135. The Bertz CT molecular complexity index is 234. The van der Waals surface area contributed by atoms with Crippen LogP contribution in [0.3, 0.4) is 0 Å². The van der Waals surface area contributed by atoms with Crippen molar-refractivity contribution in [3.8, 4) is 0 Å². The fourth-order valence-corrected chi connectivity index (χ4v) is 1.84. The molecular formula is C10H20N2O3S. The minimum atomic E-state index is -0.592. The van der Waals surface area contributed by atoms with Gasteiger partial charge in [0.15, 0.2) is 0 Å². The number of esters is 1. The van der Waals surface area contributed by atoms with Gasteiger partial charge in [-0.05, 0) is 26.0 Å². The molecule has 0 heterocycles. The Morgan fingerprint density at radius 2 is 2.06 bits per heavy atom. The molecule has 0 spiro atoms. The van der Waals surface area contributed by atoms with Crippen LogP contribution in [0.2, 0.25) is 0 Å². The van der Waals surface area contributed by atoms with Crippen molar-refractivity contribution in [3.05, 3.63) is 0 Å². The van der Waals surface area contributed by atoms with E-state index in [9.17, 15) is 9.59 Å². The lowest BCUT2D eigenvalue weighted by atomic mass is 10.2. The molecule has 0 aliphatic rings. The van der Waals surface area contributed by atoms with Gasteiger partial charge in [0.25, 0.3) is 0 Å². The zero-order valence-electron chi connectivity index (χ0n) is 9.99. The third kappa shape index (κ3) is 7.53. The standard InChI is InChI=1S/C10H20N2O3S/c1-7(2)12-9(13)6-16-5-4-8(11)10(14)15-3/h7-8H,4-6,11H2,1-3H3,(H,12,13). The van der Waals surface area contributed by atoms with E-state index in [0.29, 0.717) is 17.9 Å². The highest BCUT2D eigenvalue weighted by Gasteiger charge is 2.13. The topological polar surface area (TPSA) is 81.4 Å². The zero-order valence-corrected chi connectivity index (χ0v) is 10.8. The molecule has 6 heteroatoms. The molecule has 0 aliphatic heterocycles. The maximum absolute atomic E-state index is 11.2. The van der Waals surface area contributed by atoms with E-state index >= 15 is 0 Å². The summed E-state index contributed by atoms with van der Waals surface area (Å²) in [5.74, 6) is 0.660. The first kappa shape index (κ1) is 15.2. The smallest absolute Gasteiger partial charge is 0.322 e. The van der Waals surface area contributed by atoms with Gasteiger partial charge in [-0.2, -0.15) is 11.8 Å². The van der Waals surface area contributed by atoms with Gasteiger partial charge < -0.3 is 15.8 Å². The Morgan fingerprint density at radius 1 is 1.44 bits per heavy atom. The van der Waals surface area contributed by atoms with Crippen LogP contribution in [0.4, 0.5) is 0 Å². The summed E-state index contributed by atoms with van der Waals surface area (Å²) >= 11 is 1.46. The summed E-state index contributed by atoms with van der Waals surface area (Å²) in [5.41, 5.74) is 5.54. The molecule has 0 fully saturated rings. The normalized spacial score (nSPS) is 12.3. The van der Waals surface area contributed by atoms with Gasteiger partial charge in [0.05, 0.1) is 12.9 Å². The molecule has 94 valence electrons. The third-order valence-electron chi connectivity index (χ3n) is 1.76. The van der Waals surface area contributed by atoms with Crippen LogP contribution in [0.1, 0.15) is 20.3 Å². The average molecular weight is 248 g/mol. The molecule has 0 aromatic carbocycles. The summed E-state index contributed by atoms with van der Waals surface area (Å²) in [7, 11) is 1.31. The van der Waals surface area contributed by atoms with Crippen molar-refractivity contribution >= 4 is 23.6 Å². The van der Waals surface area contributed by atoms with Crippen LogP contribution in [-0.2, 0) is 14.3 Å². The molecular weight excluding hydrogens is 228 g/mol. The van der Waals surface area contributed by atoms with Crippen molar-refractivity contribution in [1.82, 2.24) is 5.32 Å². The molecule has 0 aromatic rings. The molecule has 3 N–H and O–H groups in total.